The van der Waals surface area contributed by atoms with Gasteiger partial charge in [-0.15, -0.1) is 0 Å². The highest BCUT2D eigenvalue weighted by Crippen LogP contribution is 2.20. The van der Waals surface area contributed by atoms with E-state index >= 15 is 0 Å². The number of likely N-dealkylation sites (tertiary alicyclic amines) is 1. The van der Waals surface area contributed by atoms with Gasteiger partial charge in [-0.05, 0) is 31.9 Å². The molecule has 134 valence electrons. The standard InChI is InChI=1S/C19H27N5O/c1-16(19(25)24-9-4-2-3-5-10-24)22-11-13-23(14-12-22)18-17(15-20)7-6-8-21-18/h6-8,16H,2-5,9-14H2,1H3. The van der Waals surface area contributed by atoms with E-state index in [9.17, 15) is 10.1 Å². The average molecular weight is 341 g/mol. The minimum atomic E-state index is -0.0700. The molecule has 1 aromatic rings. The van der Waals surface area contributed by atoms with Crippen LogP contribution in [0.25, 0.3) is 0 Å². The summed E-state index contributed by atoms with van der Waals surface area (Å²) in [6.45, 7) is 7.08. The molecule has 0 N–H and O–H groups in total. The smallest absolute Gasteiger partial charge is 0.239 e. The molecular formula is C19H27N5O. The van der Waals surface area contributed by atoms with E-state index in [-0.39, 0.29) is 11.9 Å². The number of rotatable bonds is 3. The minimum Gasteiger partial charge on any atom is -0.353 e. The Morgan fingerprint density at radius 1 is 1.12 bits per heavy atom. The van der Waals surface area contributed by atoms with Crippen LogP contribution >= 0.6 is 0 Å². The third-order valence-electron chi connectivity index (χ3n) is 5.34. The molecular weight excluding hydrogens is 314 g/mol. The molecule has 0 aromatic carbocycles. The highest BCUT2D eigenvalue weighted by atomic mass is 16.2. The number of aromatic nitrogens is 1. The maximum Gasteiger partial charge on any atom is 0.239 e. The van der Waals surface area contributed by atoms with Gasteiger partial charge in [0, 0.05) is 45.5 Å². The van der Waals surface area contributed by atoms with Gasteiger partial charge < -0.3 is 9.80 Å². The van der Waals surface area contributed by atoms with Gasteiger partial charge in [0.15, 0.2) is 0 Å². The highest BCUT2D eigenvalue weighted by molar-refractivity contribution is 5.81. The van der Waals surface area contributed by atoms with Crippen LogP contribution in [0.2, 0.25) is 0 Å². The normalized spacial score (nSPS) is 20.6. The summed E-state index contributed by atoms with van der Waals surface area (Å²) in [5.41, 5.74) is 0.615. The molecule has 1 atom stereocenters. The maximum absolute atomic E-state index is 12.8. The predicted molar refractivity (Wildman–Crippen MR) is 97.2 cm³/mol. The van der Waals surface area contributed by atoms with E-state index in [1.54, 1.807) is 18.3 Å². The van der Waals surface area contributed by atoms with Crippen LogP contribution in [-0.2, 0) is 4.79 Å². The number of hydrogen-bond acceptors (Lipinski definition) is 5. The van der Waals surface area contributed by atoms with E-state index in [2.05, 4.69) is 25.8 Å². The second-order valence-corrected chi connectivity index (χ2v) is 6.92. The molecule has 0 spiro atoms. The van der Waals surface area contributed by atoms with Crippen LogP contribution in [0.15, 0.2) is 18.3 Å². The molecule has 3 heterocycles. The third kappa shape index (κ3) is 4.10. The molecule has 0 saturated carbocycles. The highest BCUT2D eigenvalue weighted by Gasteiger charge is 2.29. The molecule has 0 aliphatic carbocycles. The van der Waals surface area contributed by atoms with E-state index < -0.39 is 0 Å². The van der Waals surface area contributed by atoms with Crippen molar-refractivity contribution in [3.05, 3.63) is 23.9 Å². The Labute approximate surface area is 150 Å². The Hall–Kier alpha value is -2.13. The number of amides is 1. The van der Waals surface area contributed by atoms with Crippen molar-refractivity contribution in [2.75, 3.05) is 44.2 Å². The lowest BCUT2D eigenvalue weighted by Crippen LogP contribution is -2.55. The van der Waals surface area contributed by atoms with Crippen molar-refractivity contribution >= 4 is 11.7 Å². The van der Waals surface area contributed by atoms with Gasteiger partial charge in [-0.1, -0.05) is 12.8 Å². The summed E-state index contributed by atoms with van der Waals surface area (Å²) in [7, 11) is 0. The largest absolute Gasteiger partial charge is 0.353 e. The summed E-state index contributed by atoms with van der Waals surface area (Å²) >= 11 is 0. The Morgan fingerprint density at radius 3 is 2.44 bits per heavy atom. The van der Waals surface area contributed by atoms with Crippen molar-refractivity contribution in [1.82, 2.24) is 14.8 Å². The monoisotopic (exact) mass is 341 g/mol. The van der Waals surface area contributed by atoms with Crippen LogP contribution in [0, 0.1) is 11.3 Å². The van der Waals surface area contributed by atoms with Gasteiger partial charge in [0.05, 0.1) is 11.6 Å². The summed E-state index contributed by atoms with van der Waals surface area (Å²) in [5.74, 6) is 1.03. The predicted octanol–water partition coefficient (Wildman–Crippen LogP) is 1.87. The van der Waals surface area contributed by atoms with Gasteiger partial charge in [-0.2, -0.15) is 5.26 Å². The summed E-state index contributed by atoms with van der Waals surface area (Å²) in [6.07, 6.45) is 6.46. The topological polar surface area (TPSA) is 63.5 Å². The first-order chi connectivity index (χ1) is 12.2. The number of hydrogen-bond donors (Lipinski definition) is 0. The summed E-state index contributed by atoms with van der Waals surface area (Å²) < 4.78 is 0. The Morgan fingerprint density at radius 2 is 1.80 bits per heavy atom. The molecule has 2 saturated heterocycles. The molecule has 6 heteroatoms. The fourth-order valence-corrected chi connectivity index (χ4v) is 3.77. The van der Waals surface area contributed by atoms with Gasteiger partial charge in [0.25, 0.3) is 0 Å². The summed E-state index contributed by atoms with van der Waals surface area (Å²) in [5, 5.41) is 9.25. The molecule has 0 bridgehead atoms. The number of pyridine rings is 1. The molecule has 3 rings (SSSR count). The van der Waals surface area contributed by atoms with Crippen molar-refractivity contribution in [3.8, 4) is 6.07 Å². The number of nitriles is 1. The number of carbonyl (C=O) groups is 1. The molecule has 6 nitrogen and oxygen atoms in total. The van der Waals surface area contributed by atoms with Gasteiger partial charge in [-0.3, -0.25) is 9.69 Å². The molecule has 2 fully saturated rings. The molecule has 0 radical (unpaired) electrons. The first-order valence-electron chi connectivity index (χ1n) is 9.33. The molecule has 1 amide bonds. The number of nitrogens with zero attached hydrogens (tertiary/aromatic N) is 5. The quantitative estimate of drug-likeness (QED) is 0.840. The average Bonchev–Trinajstić information content (AvgIpc) is 2.96. The number of anilines is 1. The van der Waals surface area contributed by atoms with Crippen LogP contribution in [-0.4, -0.2) is 66.0 Å². The van der Waals surface area contributed by atoms with Gasteiger partial charge >= 0.3 is 0 Å². The lowest BCUT2D eigenvalue weighted by atomic mass is 10.1. The SMILES string of the molecule is CC(C(=O)N1CCCCCC1)N1CCN(c2ncccc2C#N)CC1. The summed E-state index contributed by atoms with van der Waals surface area (Å²) in [6, 6.07) is 5.74. The minimum absolute atomic E-state index is 0.0700. The van der Waals surface area contributed by atoms with Crippen LogP contribution in [0.4, 0.5) is 5.82 Å². The van der Waals surface area contributed by atoms with Crippen molar-refractivity contribution in [2.24, 2.45) is 0 Å². The maximum atomic E-state index is 12.8. The zero-order valence-corrected chi connectivity index (χ0v) is 15.0. The lowest BCUT2D eigenvalue weighted by Gasteiger charge is -2.39. The number of carbonyl (C=O) groups excluding carboxylic acids is 1. The van der Waals surface area contributed by atoms with Crippen LogP contribution in [0.5, 0.6) is 0 Å². The van der Waals surface area contributed by atoms with Crippen LogP contribution < -0.4 is 4.90 Å². The van der Waals surface area contributed by atoms with Crippen LogP contribution in [0.1, 0.15) is 38.2 Å². The van der Waals surface area contributed by atoms with Gasteiger partial charge in [0.2, 0.25) is 5.91 Å². The molecule has 25 heavy (non-hydrogen) atoms. The fourth-order valence-electron chi connectivity index (χ4n) is 3.77. The zero-order chi connectivity index (χ0) is 17.6. The molecule has 1 aromatic heterocycles. The van der Waals surface area contributed by atoms with Crippen molar-refractivity contribution in [2.45, 2.75) is 38.6 Å². The first kappa shape index (κ1) is 17.7. The first-order valence-corrected chi connectivity index (χ1v) is 9.33. The third-order valence-corrected chi connectivity index (χ3v) is 5.34. The van der Waals surface area contributed by atoms with E-state index in [1.165, 1.54) is 12.8 Å². The van der Waals surface area contributed by atoms with Gasteiger partial charge in [-0.25, -0.2) is 4.98 Å². The van der Waals surface area contributed by atoms with E-state index in [0.29, 0.717) is 5.56 Å². The van der Waals surface area contributed by atoms with Crippen molar-refractivity contribution in [1.29, 1.82) is 5.26 Å². The second-order valence-electron chi connectivity index (χ2n) is 6.92. The van der Waals surface area contributed by atoms with E-state index in [4.69, 9.17) is 0 Å². The fraction of sp³-hybridized carbons (Fsp3) is 0.632. The second kappa shape index (κ2) is 8.30. The zero-order valence-electron chi connectivity index (χ0n) is 15.0. The Kier molecular flexibility index (Phi) is 5.87. The molecule has 2 aliphatic heterocycles. The van der Waals surface area contributed by atoms with Crippen LogP contribution in [0.3, 0.4) is 0 Å². The van der Waals surface area contributed by atoms with Crippen molar-refractivity contribution < 1.29 is 4.79 Å². The Bertz CT molecular complexity index is 625. The Balaban J connectivity index is 1.58. The van der Waals surface area contributed by atoms with Gasteiger partial charge in [0.1, 0.15) is 11.9 Å². The number of piperazine rings is 1. The molecule has 1 unspecified atom stereocenters. The van der Waals surface area contributed by atoms with Crippen molar-refractivity contribution in [3.63, 3.8) is 0 Å². The van der Waals surface area contributed by atoms with E-state index in [0.717, 1.165) is 57.9 Å². The summed E-state index contributed by atoms with van der Waals surface area (Å²) in [4.78, 5) is 23.7. The lowest BCUT2D eigenvalue weighted by molar-refractivity contribution is -0.136. The molecule has 2 aliphatic rings. The van der Waals surface area contributed by atoms with E-state index in [1.807, 2.05) is 6.92 Å².